The molecule has 0 spiro atoms. The first-order valence-corrected chi connectivity index (χ1v) is 5.19. The molecule has 0 aliphatic carbocycles. The van der Waals surface area contributed by atoms with Gasteiger partial charge in [-0.15, -0.1) is 0 Å². The van der Waals surface area contributed by atoms with Crippen molar-refractivity contribution >= 4 is 17.5 Å². The SMILES string of the molecule is CC(=O)N(C)Cc1ccc2c(c1)CC(=O)N2. The Balaban J connectivity index is 2.16. The number of carbonyl (C=O) groups excluding carboxylic acids is 2. The molecule has 0 atom stereocenters. The Morgan fingerprint density at radius 1 is 1.50 bits per heavy atom. The number of carbonyl (C=O) groups is 2. The summed E-state index contributed by atoms with van der Waals surface area (Å²) in [6.07, 6.45) is 0.437. The molecule has 0 saturated carbocycles. The Morgan fingerprint density at radius 2 is 2.25 bits per heavy atom. The Bertz CT molecular complexity index is 454. The van der Waals surface area contributed by atoms with Gasteiger partial charge < -0.3 is 10.2 Å². The van der Waals surface area contributed by atoms with Crippen LogP contribution >= 0.6 is 0 Å². The fourth-order valence-corrected chi connectivity index (χ4v) is 1.77. The van der Waals surface area contributed by atoms with E-state index in [0.29, 0.717) is 13.0 Å². The second kappa shape index (κ2) is 3.96. The standard InChI is InChI=1S/C12H14N2O2/c1-8(15)14(2)7-9-3-4-11-10(5-9)6-12(16)13-11/h3-5H,6-7H2,1-2H3,(H,13,16). The molecular weight excluding hydrogens is 204 g/mol. The molecule has 0 saturated heterocycles. The fraction of sp³-hybridized carbons (Fsp3) is 0.333. The van der Waals surface area contributed by atoms with Crippen LogP contribution in [0.5, 0.6) is 0 Å². The molecule has 16 heavy (non-hydrogen) atoms. The third-order valence-corrected chi connectivity index (χ3v) is 2.75. The summed E-state index contributed by atoms with van der Waals surface area (Å²) >= 11 is 0. The molecule has 0 bridgehead atoms. The highest BCUT2D eigenvalue weighted by atomic mass is 16.2. The number of hydrogen-bond acceptors (Lipinski definition) is 2. The van der Waals surface area contributed by atoms with Gasteiger partial charge in [-0.05, 0) is 17.2 Å². The molecule has 1 aliphatic heterocycles. The molecule has 4 heteroatoms. The van der Waals surface area contributed by atoms with Gasteiger partial charge in [0.1, 0.15) is 0 Å². The van der Waals surface area contributed by atoms with Crippen LogP contribution in [-0.4, -0.2) is 23.8 Å². The maximum Gasteiger partial charge on any atom is 0.228 e. The smallest absolute Gasteiger partial charge is 0.228 e. The van der Waals surface area contributed by atoms with Gasteiger partial charge in [0.05, 0.1) is 6.42 Å². The summed E-state index contributed by atoms with van der Waals surface area (Å²) in [6.45, 7) is 2.12. The lowest BCUT2D eigenvalue weighted by molar-refractivity contribution is -0.128. The van der Waals surface area contributed by atoms with Crippen LogP contribution in [0, 0.1) is 0 Å². The van der Waals surface area contributed by atoms with E-state index >= 15 is 0 Å². The molecule has 1 aliphatic rings. The summed E-state index contributed by atoms with van der Waals surface area (Å²) in [4.78, 5) is 23.9. The van der Waals surface area contributed by atoms with Gasteiger partial charge in [-0.3, -0.25) is 9.59 Å². The lowest BCUT2D eigenvalue weighted by Crippen LogP contribution is -2.22. The van der Waals surface area contributed by atoms with Gasteiger partial charge in [-0.2, -0.15) is 0 Å². The number of amides is 2. The van der Waals surface area contributed by atoms with Crippen LogP contribution < -0.4 is 5.32 Å². The van der Waals surface area contributed by atoms with Crippen LogP contribution in [0.2, 0.25) is 0 Å². The summed E-state index contributed by atoms with van der Waals surface area (Å²) in [5.41, 5.74) is 2.95. The van der Waals surface area contributed by atoms with E-state index in [9.17, 15) is 9.59 Å². The predicted molar refractivity (Wildman–Crippen MR) is 60.9 cm³/mol. The number of rotatable bonds is 2. The van der Waals surface area contributed by atoms with Crippen molar-refractivity contribution in [3.63, 3.8) is 0 Å². The first-order valence-electron chi connectivity index (χ1n) is 5.19. The highest BCUT2D eigenvalue weighted by Crippen LogP contribution is 2.24. The highest BCUT2D eigenvalue weighted by molar-refractivity contribution is 5.99. The molecule has 1 aromatic rings. The molecule has 4 nitrogen and oxygen atoms in total. The summed E-state index contributed by atoms with van der Waals surface area (Å²) in [6, 6.07) is 5.81. The maximum atomic E-state index is 11.2. The van der Waals surface area contributed by atoms with Crippen molar-refractivity contribution in [1.82, 2.24) is 4.90 Å². The van der Waals surface area contributed by atoms with Gasteiger partial charge in [-0.1, -0.05) is 12.1 Å². The highest BCUT2D eigenvalue weighted by Gasteiger charge is 2.17. The molecule has 2 amide bonds. The number of fused-ring (bicyclic) bond motifs is 1. The normalized spacial score (nSPS) is 13.2. The van der Waals surface area contributed by atoms with E-state index in [1.807, 2.05) is 18.2 Å². The monoisotopic (exact) mass is 218 g/mol. The lowest BCUT2D eigenvalue weighted by Gasteiger charge is -2.15. The van der Waals surface area contributed by atoms with E-state index in [1.165, 1.54) is 0 Å². The minimum atomic E-state index is 0.0343. The van der Waals surface area contributed by atoms with Crippen molar-refractivity contribution < 1.29 is 9.59 Å². The van der Waals surface area contributed by atoms with Crippen LogP contribution in [0.25, 0.3) is 0 Å². The molecule has 0 fully saturated rings. The maximum absolute atomic E-state index is 11.2. The summed E-state index contributed by atoms with van der Waals surface area (Å²) in [5, 5.41) is 2.78. The molecule has 1 aromatic carbocycles. The molecule has 0 radical (unpaired) electrons. The third-order valence-electron chi connectivity index (χ3n) is 2.75. The van der Waals surface area contributed by atoms with E-state index in [2.05, 4.69) is 5.32 Å². The van der Waals surface area contributed by atoms with Crippen molar-refractivity contribution in [2.75, 3.05) is 12.4 Å². The number of benzene rings is 1. The average Bonchev–Trinajstić information content (AvgIpc) is 2.57. The van der Waals surface area contributed by atoms with Crippen molar-refractivity contribution in [2.45, 2.75) is 19.9 Å². The zero-order valence-electron chi connectivity index (χ0n) is 9.41. The first kappa shape index (κ1) is 10.7. The van der Waals surface area contributed by atoms with Gasteiger partial charge in [0, 0.05) is 26.2 Å². The van der Waals surface area contributed by atoms with Crippen LogP contribution in [0.4, 0.5) is 5.69 Å². The third kappa shape index (κ3) is 2.05. The van der Waals surface area contributed by atoms with Crippen molar-refractivity contribution in [3.05, 3.63) is 29.3 Å². The molecule has 84 valence electrons. The van der Waals surface area contributed by atoms with E-state index in [4.69, 9.17) is 0 Å². The van der Waals surface area contributed by atoms with Gasteiger partial charge in [0.15, 0.2) is 0 Å². The zero-order valence-corrected chi connectivity index (χ0v) is 9.41. The summed E-state index contributed by atoms with van der Waals surface area (Å²) in [5.74, 6) is 0.0711. The zero-order chi connectivity index (χ0) is 11.7. The molecule has 0 aromatic heterocycles. The summed E-state index contributed by atoms with van der Waals surface area (Å²) < 4.78 is 0. The largest absolute Gasteiger partial charge is 0.342 e. The molecule has 1 heterocycles. The van der Waals surface area contributed by atoms with Crippen molar-refractivity contribution in [2.24, 2.45) is 0 Å². The van der Waals surface area contributed by atoms with Gasteiger partial charge in [0.25, 0.3) is 0 Å². The van der Waals surface area contributed by atoms with Gasteiger partial charge in [0.2, 0.25) is 11.8 Å². The number of nitrogens with one attached hydrogen (secondary N) is 1. The van der Waals surface area contributed by atoms with E-state index in [-0.39, 0.29) is 11.8 Å². The fourth-order valence-electron chi connectivity index (χ4n) is 1.77. The van der Waals surface area contributed by atoms with E-state index < -0.39 is 0 Å². The van der Waals surface area contributed by atoms with Crippen LogP contribution in [0.1, 0.15) is 18.1 Å². The number of nitrogens with zero attached hydrogens (tertiary/aromatic N) is 1. The number of anilines is 1. The van der Waals surface area contributed by atoms with Gasteiger partial charge in [-0.25, -0.2) is 0 Å². The van der Waals surface area contributed by atoms with E-state index in [1.54, 1.807) is 18.9 Å². The number of hydrogen-bond donors (Lipinski definition) is 1. The Kier molecular flexibility index (Phi) is 2.64. The molecule has 0 unspecified atom stereocenters. The Morgan fingerprint density at radius 3 is 2.94 bits per heavy atom. The second-order valence-electron chi connectivity index (χ2n) is 4.09. The van der Waals surface area contributed by atoms with Crippen LogP contribution in [0.3, 0.4) is 0 Å². The lowest BCUT2D eigenvalue weighted by atomic mass is 10.1. The molecule has 1 N–H and O–H groups in total. The average molecular weight is 218 g/mol. The topological polar surface area (TPSA) is 49.4 Å². The van der Waals surface area contributed by atoms with Crippen LogP contribution in [-0.2, 0) is 22.6 Å². The van der Waals surface area contributed by atoms with Crippen molar-refractivity contribution in [1.29, 1.82) is 0 Å². The molecular formula is C12H14N2O2. The van der Waals surface area contributed by atoms with Crippen LogP contribution in [0.15, 0.2) is 18.2 Å². The Hall–Kier alpha value is -1.84. The quantitative estimate of drug-likeness (QED) is 0.809. The summed E-state index contributed by atoms with van der Waals surface area (Å²) in [7, 11) is 1.76. The minimum Gasteiger partial charge on any atom is -0.342 e. The Labute approximate surface area is 94.2 Å². The van der Waals surface area contributed by atoms with E-state index in [0.717, 1.165) is 16.8 Å². The van der Waals surface area contributed by atoms with Gasteiger partial charge >= 0.3 is 0 Å². The second-order valence-corrected chi connectivity index (χ2v) is 4.09. The predicted octanol–water partition coefficient (Wildman–Crippen LogP) is 1.16. The molecule has 2 rings (SSSR count). The first-order chi connectivity index (χ1) is 7.56. The van der Waals surface area contributed by atoms with Crippen molar-refractivity contribution in [3.8, 4) is 0 Å². The minimum absolute atomic E-state index is 0.0343.